The maximum atomic E-state index is 13.7. The van der Waals surface area contributed by atoms with E-state index in [1.54, 1.807) is 30.9 Å². The van der Waals surface area contributed by atoms with Gasteiger partial charge < -0.3 is 20.4 Å². The van der Waals surface area contributed by atoms with E-state index in [4.69, 9.17) is 0 Å². The summed E-state index contributed by atoms with van der Waals surface area (Å²) in [5.41, 5.74) is 2.70. The van der Waals surface area contributed by atoms with E-state index in [9.17, 15) is 23.6 Å². The van der Waals surface area contributed by atoms with Gasteiger partial charge in [-0.25, -0.2) is 4.39 Å². The molecule has 1 heterocycles. The summed E-state index contributed by atoms with van der Waals surface area (Å²) in [5, 5.41) is 7.56. The second-order valence-electron chi connectivity index (χ2n) is 9.80. The molecular weight excluding hydrogens is 499 g/mol. The maximum absolute atomic E-state index is 13.7. The third-order valence-corrected chi connectivity index (χ3v) is 7.13. The summed E-state index contributed by atoms with van der Waals surface area (Å²) in [6.07, 6.45) is 0.452. The fraction of sp³-hybridized carbons (Fsp3) is 0.333. The van der Waals surface area contributed by atoms with Gasteiger partial charge in [-0.05, 0) is 53.9 Å². The van der Waals surface area contributed by atoms with Crippen LogP contribution in [0.3, 0.4) is 0 Å². The summed E-state index contributed by atoms with van der Waals surface area (Å²) in [4.78, 5) is 54.7. The van der Waals surface area contributed by atoms with Gasteiger partial charge in [0.2, 0.25) is 23.6 Å². The zero-order valence-corrected chi connectivity index (χ0v) is 22.6. The molecule has 0 spiro atoms. The molecule has 1 aliphatic rings. The van der Waals surface area contributed by atoms with Crippen LogP contribution in [0.4, 0.5) is 15.8 Å². The Kier molecular flexibility index (Phi) is 8.28. The number of carbonyl (C=O) groups excluding carboxylic acids is 4. The molecule has 0 bridgehead atoms. The van der Waals surface area contributed by atoms with Gasteiger partial charge in [0.1, 0.15) is 17.9 Å². The van der Waals surface area contributed by atoms with Crippen LogP contribution < -0.4 is 15.5 Å². The average Bonchev–Trinajstić information content (AvgIpc) is 2.92. The highest BCUT2D eigenvalue weighted by molar-refractivity contribution is 6.09. The summed E-state index contributed by atoms with van der Waals surface area (Å²) in [7, 11) is 0. The van der Waals surface area contributed by atoms with Crippen molar-refractivity contribution in [1.82, 2.24) is 10.2 Å². The van der Waals surface area contributed by atoms with Gasteiger partial charge in [0.05, 0.1) is 11.4 Å². The molecule has 8 nitrogen and oxygen atoms in total. The van der Waals surface area contributed by atoms with Crippen molar-refractivity contribution in [3.63, 3.8) is 0 Å². The number of halogens is 1. The highest BCUT2D eigenvalue weighted by Gasteiger charge is 2.39. The Morgan fingerprint density at radius 2 is 1.77 bits per heavy atom. The van der Waals surface area contributed by atoms with Gasteiger partial charge in [0.25, 0.3) is 0 Å². The lowest BCUT2D eigenvalue weighted by Crippen LogP contribution is -2.61. The Hall–Kier alpha value is -4.27. The predicted octanol–water partition coefficient (Wildman–Crippen LogP) is 3.95. The number of fused-ring (bicyclic) bond motifs is 1. The molecule has 0 aromatic heterocycles. The van der Waals surface area contributed by atoms with Crippen LogP contribution in [0.1, 0.15) is 38.3 Å². The second-order valence-corrected chi connectivity index (χ2v) is 9.80. The van der Waals surface area contributed by atoms with Gasteiger partial charge in [-0.2, -0.15) is 0 Å². The molecule has 1 fully saturated rings. The van der Waals surface area contributed by atoms with E-state index in [1.165, 1.54) is 24.0 Å². The zero-order chi connectivity index (χ0) is 28.3. The SMILES string of the molecule is CCC(=O)Nc1c(N2CCN(C(=O)C(Cc3ccc(F)cc3)NC(C)=O)C(C)C2=O)cc2ccccc2c1C. The molecule has 0 saturated carbocycles. The van der Waals surface area contributed by atoms with Crippen molar-refractivity contribution in [2.45, 2.75) is 52.6 Å². The van der Waals surface area contributed by atoms with E-state index >= 15 is 0 Å². The monoisotopic (exact) mass is 532 g/mol. The van der Waals surface area contributed by atoms with E-state index in [0.29, 0.717) is 16.9 Å². The molecule has 4 amide bonds. The van der Waals surface area contributed by atoms with E-state index in [2.05, 4.69) is 10.6 Å². The number of nitrogens with one attached hydrogen (secondary N) is 2. The number of anilines is 2. The minimum absolute atomic E-state index is 0.164. The topological polar surface area (TPSA) is 98.8 Å². The van der Waals surface area contributed by atoms with Crippen LogP contribution >= 0.6 is 0 Å². The molecule has 2 N–H and O–H groups in total. The first-order valence-electron chi connectivity index (χ1n) is 13.1. The van der Waals surface area contributed by atoms with Crippen molar-refractivity contribution in [2.75, 3.05) is 23.3 Å². The summed E-state index contributed by atoms with van der Waals surface area (Å²) in [5.74, 6) is -1.61. The van der Waals surface area contributed by atoms with Gasteiger partial charge in [-0.3, -0.25) is 19.2 Å². The number of benzene rings is 3. The molecule has 9 heteroatoms. The van der Waals surface area contributed by atoms with Crippen molar-refractivity contribution in [2.24, 2.45) is 0 Å². The number of carbonyl (C=O) groups is 4. The molecule has 1 saturated heterocycles. The van der Waals surface area contributed by atoms with E-state index in [1.807, 2.05) is 37.3 Å². The lowest BCUT2D eigenvalue weighted by molar-refractivity contribution is -0.143. The molecule has 4 rings (SSSR count). The molecule has 204 valence electrons. The number of rotatable bonds is 7. The first-order valence-corrected chi connectivity index (χ1v) is 13.1. The molecule has 3 aromatic rings. The Morgan fingerprint density at radius 3 is 2.44 bits per heavy atom. The highest BCUT2D eigenvalue weighted by Crippen LogP contribution is 2.37. The Balaban J connectivity index is 1.63. The third kappa shape index (κ3) is 5.92. The van der Waals surface area contributed by atoms with Gasteiger partial charge >= 0.3 is 0 Å². The van der Waals surface area contributed by atoms with Crippen LogP contribution in [0.2, 0.25) is 0 Å². The number of nitrogens with zero attached hydrogens (tertiary/aromatic N) is 2. The number of hydrogen-bond donors (Lipinski definition) is 2. The van der Waals surface area contributed by atoms with Crippen LogP contribution in [0, 0.1) is 12.7 Å². The molecule has 39 heavy (non-hydrogen) atoms. The number of piperazine rings is 1. The summed E-state index contributed by atoms with van der Waals surface area (Å²) < 4.78 is 13.4. The first-order chi connectivity index (χ1) is 18.6. The van der Waals surface area contributed by atoms with Crippen molar-refractivity contribution in [3.8, 4) is 0 Å². The Labute approximate surface area is 227 Å². The molecule has 2 unspecified atom stereocenters. The minimum Gasteiger partial charge on any atom is -0.344 e. The second kappa shape index (κ2) is 11.6. The van der Waals surface area contributed by atoms with Gasteiger partial charge in [-0.1, -0.05) is 43.3 Å². The lowest BCUT2D eigenvalue weighted by Gasteiger charge is -2.41. The predicted molar refractivity (Wildman–Crippen MR) is 149 cm³/mol. The summed E-state index contributed by atoms with van der Waals surface area (Å²) in [6.45, 7) is 7.11. The smallest absolute Gasteiger partial charge is 0.249 e. The molecule has 0 aliphatic carbocycles. The molecule has 0 radical (unpaired) electrons. The minimum atomic E-state index is -0.905. The summed E-state index contributed by atoms with van der Waals surface area (Å²) in [6, 6.07) is 13.7. The normalized spacial score (nSPS) is 16.2. The molecular formula is C30H33FN4O4. The van der Waals surface area contributed by atoms with Crippen molar-refractivity contribution in [3.05, 3.63) is 71.5 Å². The lowest BCUT2D eigenvalue weighted by atomic mass is 9.99. The Morgan fingerprint density at radius 1 is 1.08 bits per heavy atom. The van der Waals surface area contributed by atoms with Crippen molar-refractivity contribution >= 4 is 45.8 Å². The maximum Gasteiger partial charge on any atom is 0.249 e. The quantitative estimate of drug-likeness (QED) is 0.482. The highest BCUT2D eigenvalue weighted by atomic mass is 19.1. The van der Waals surface area contributed by atoms with Gasteiger partial charge in [0.15, 0.2) is 0 Å². The van der Waals surface area contributed by atoms with E-state index < -0.39 is 17.9 Å². The summed E-state index contributed by atoms with van der Waals surface area (Å²) >= 11 is 0. The fourth-order valence-corrected chi connectivity index (χ4v) is 5.02. The van der Waals surface area contributed by atoms with E-state index in [0.717, 1.165) is 16.3 Å². The molecule has 2 atom stereocenters. The van der Waals surface area contributed by atoms with Crippen molar-refractivity contribution < 1.29 is 23.6 Å². The average molecular weight is 533 g/mol. The van der Waals surface area contributed by atoms with Crippen LogP contribution in [0.15, 0.2) is 54.6 Å². The fourth-order valence-electron chi connectivity index (χ4n) is 5.02. The largest absolute Gasteiger partial charge is 0.344 e. The van der Waals surface area contributed by atoms with Crippen molar-refractivity contribution in [1.29, 1.82) is 0 Å². The third-order valence-electron chi connectivity index (χ3n) is 7.13. The Bertz CT molecular complexity index is 1420. The van der Waals surface area contributed by atoms with Gasteiger partial charge in [-0.15, -0.1) is 0 Å². The number of amides is 4. The first kappa shape index (κ1) is 27.8. The van der Waals surface area contributed by atoms with Gasteiger partial charge in [0, 0.05) is 32.9 Å². The van der Waals surface area contributed by atoms with Crippen LogP contribution in [0.25, 0.3) is 10.8 Å². The number of hydrogen-bond acceptors (Lipinski definition) is 4. The van der Waals surface area contributed by atoms with E-state index in [-0.39, 0.29) is 49.6 Å². The van der Waals surface area contributed by atoms with Crippen LogP contribution in [0.5, 0.6) is 0 Å². The van der Waals surface area contributed by atoms with Crippen LogP contribution in [-0.4, -0.2) is 53.7 Å². The van der Waals surface area contributed by atoms with Crippen LogP contribution in [-0.2, 0) is 25.6 Å². The number of aryl methyl sites for hydroxylation is 1. The standard InChI is InChI=1S/C30H33FN4O4/c1-5-27(37)33-28-18(2)24-9-7-6-8-22(24)17-26(28)35-15-14-34(19(3)29(35)38)30(39)25(32-20(4)36)16-21-10-12-23(31)13-11-21/h6-13,17,19,25H,5,14-16H2,1-4H3,(H,32,36)(H,33,37). The zero-order valence-electron chi connectivity index (χ0n) is 22.6. The molecule has 3 aromatic carbocycles. The molecule has 1 aliphatic heterocycles.